The second-order valence-corrected chi connectivity index (χ2v) is 5.78. The molecule has 2 aliphatic rings. The zero-order chi connectivity index (χ0) is 12.5. The minimum Gasteiger partial charge on any atom is -0.378 e. The molecule has 0 amide bonds. The lowest BCUT2D eigenvalue weighted by Crippen LogP contribution is -2.37. The second-order valence-electron chi connectivity index (χ2n) is 4.19. The number of thioether (sulfide) groups is 1. The molecule has 0 N–H and O–H groups in total. The smallest absolute Gasteiger partial charge is 0.224 e. The molecular formula is C11H12ClN3O2S. The maximum absolute atomic E-state index is 10.9. The number of hydrogen-bond acceptors (Lipinski definition) is 6. The van der Waals surface area contributed by atoms with E-state index in [1.807, 2.05) is 0 Å². The molecule has 0 saturated carbocycles. The van der Waals surface area contributed by atoms with Crippen molar-refractivity contribution in [3.05, 3.63) is 11.0 Å². The number of ether oxygens (including phenoxy) is 1. The first kappa shape index (κ1) is 12.2. The lowest BCUT2D eigenvalue weighted by atomic mass is 10.2. The van der Waals surface area contributed by atoms with E-state index in [0.29, 0.717) is 19.6 Å². The van der Waals surface area contributed by atoms with Crippen molar-refractivity contribution in [2.24, 2.45) is 0 Å². The van der Waals surface area contributed by atoms with E-state index in [9.17, 15) is 4.79 Å². The van der Waals surface area contributed by atoms with Crippen LogP contribution in [0.5, 0.6) is 0 Å². The predicted molar refractivity (Wildman–Crippen MR) is 69.5 cm³/mol. The predicted octanol–water partition coefficient (Wildman–Crippen LogP) is 1.18. The Hall–Kier alpha value is -0.850. The quantitative estimate of drug-likeness (QED) is 0.601. The van der Waals surface area contributed by atoms with Gasteiger partial charge in [0.2, 0.25) is 5.28 Å². The molecule has 1 fully saturated rings. The number of anilines is 1. The molecular weight excluding hydrogens is 274 g/mol. The average molecular weight is 286 g/mol. The van der Waals surface area contributed by atoms with Gasteiger partial charge in [-0.2, -0.15) is 4.98 Å². The number of hydrogen-bond donors (Lipinski definition) is 0. The maximum atomic E-state index is 10.9. The highest BCUT2D eigenvalue weighted by atomic mass is 35.5. The monoisotopic (exact) mass is 285 g/mol. The summed E-state index contributed by atoms with van der Waals surface area (Å²) >= 11 is 7.49. The first-order valence-corrected chi connectivity index (χ1v) is 7.05. The molecule has 1 aromatic rings. The summed E-state index contributed by atoms with van der Waals surface area (Å²) in [6.45, 7) is 2.98. The number of rotatable bonds is 2. The fourth-order valence-electron chi connectivity index (χ4n) is 2.16. The summed E-state index contributed by atoms with van der Waals surface area (Å²) in [5.41, 5.74) is 0.888. The summed E-state index contributed by atoms with van der Waals surface area (Å²) in [7, 11) is 0. The number of nitrogens with zero attached hydrogens (tertiary/aromatic N) is 3. The van der Waals surface area contributed by atoms with Crippen LogP contribution in [0.1, 0.15) is 5.69 Å². The normalized spacial score (nSPS) is 22.9. The number of morpholine rings is 1. The zero-order valence-corrected chi connectivity index (χ0v) is 11.2. The zero-order valence-electron chi connectivity index (χ0n) is 9.63. The Bertz CT molecular complexity index is 480. The van der Waals surface area contributed by atoms with Crippen molar-refractivity contribution in [1.82, 2.24) is 9.97 Å². The van der Waals surface area contributed by atoms with Gasteiger partial charge in [-0.3, -0.25) is 0 Å². The van der Waals surface area contributed by atoms with Crippen LogP contribution >= 0.6 is 23.4 Å². The Kier molecular flexibility index (Phi) is 3.41. The molecule has 3 rings (SSSR count). The van der Waals surface area contributed by atoms with Crippen LogP contribution in [0.3, 0.4) is 0 Å². The van der Waals surface area contributed by atoms with Crippen LogP contribution in [-0.4, -0.2) is 47.8 Å². The molecule has 96 valence electrons. The number of aldehydes is 1. The van der Waals surface area contributed by atoms with E-state index in [1.54, 1.807) is 0 Å². The van der Waals surface area contributed by atoms with Crippen molar-refractivity contribution in [3.8, 4) is 0 Å². The van der Waals surface area contributed by atoms with E-state index in [0.717, 1.165) is 35.8 Å². The molecule has 1 saturated heterocycles. The molecule has 0 aliphatic carbocycles. The highest BCUT2D eigenvalue weighted by Gasteiger charge is 2.30. The van der Waals surface area contributed by atoms with Gasteiger partial charge in [0, 0.05) is 19.5 Å². The SMILES string of the molecule is O=CC1Cc2nc(Cl)nc(N3CCOCC3)c2S1. The van der Waals surface area contributed by atoms with Crippen LogP contribution in [0.15, 0.2) is 4.90 Å². The number of halogens is 1. The van der Waals surface area contributed by atoms with E-state index < -0.39 is 0 Å². The van der Waals surface area contributed by atoms with Gasteiger partial charge in [0.25, 0.3) is 0 Å². The Morgan fingerprint density at radius 1 is 1.39 bits per heavy atom. The van der Waals surface area contributed by atoms with Crippen LogP contribution in [0, 0.1) is 0 Å². The van der Waals surface area contributed by atoms with Gasteiger partial charge >= 0.3 is 0 Å². The third-order valence-corrected chi connectivity index (χ3v) is 4.42. The average Bonchev–Trinajstić information content (AvgIpc) is 2.81. The Balaban J connectivity index is 1.97. The lowest BCUT2D eigenvalue weighted by molar-refractivity contribution is -0.107. The fourth-order valence-corrected chi connectivity index (χ4v) is 3.49. The van der Waals surface area contributed by atoms with Gasteiger partial charge in [0.1, 0.15) is 12.1 Å². The van der Waals surface area contributed by atoms with Gasteiger partial charge in [0.15, 0.2) is 0 Å². The summed E-state index contributed by atoms with van der Waals surface area (Å²) in [5, 5.41) is 0.190. The topological polar surface area (TPSA) is 55.3 Å². The first-order valence-electron chi connectivity index (χ1n) is 5.79. The summed E-state index contributed by atoms with van der Waals surface area (Å²) in [6.07, 6.45) is 1.60. The van der Waals surface area contributed by atoms with Gasteiger partial charge in [-0.15, -0.1) is 11.8 Å². The molecule has 1 unspecified atom stereocenters. The summed E-state index contributed by atoms with van der Waals surface area (Å²) < 4.78 is 5.33. The van der Waals surface area contributed by atoms with Crippen LogP contribution in [0.4, 0.5) is 5.82 Å². The number of carbonyl (C=O) groups excluding carboxylic acids is 1. The van der Waals surface area contributed by atoms with Crippen LogP contribution < -0.4 is 4.90 Å². The van der Waals surface area contributed by atoms with E-state index in [4.69, 9.17) is 16.3 Å². The number of carbonyl (C=O) groups is 1. The summed E-state index contributed by atoms with van der Waals surface area (Å²) in [4.78, 5) is 22.6. The molecule has 0 aromatic carbocycles. The van der Waals surface area contributed by atoms with Crippen molar-refractivity contribution in [1.29, 1.82) is 0 Å². The molecule has 1 atom stereocenters. The summed E-state index contributed by atoms with van der Waals surface area (Å²) in [5.74, 6) is 0.850. The minimum absolute atomic E-state index is 0.0624. The first-order chi connectivity index (χ1) is 8.78. The lowest BCUT2D eigenvalue weighted by Gasteiger charge is -2.29. The van der Waals surface area contributed by atoms with Crippen molar-refractivity contribution in [2.45, 2.75) is 16.6 Å². The molecule has 2 aliphatic heterocycles. The minimum atomic E-state index is -0.0624. The van der Waals surface area contributed by atoms with Crippen LogP contribution in [0.2, 0.25) is 5.28 Å². The highest BCUT2D eigenvalue weighted by molar-refractivity contribution is 8.01. The molecule has 3 heterocycles. The largest absolute Gasteiger partial charge is 0.378 e. The van der Waals surface area contributed by atoms with Gasteiger partial charge in [-0.25, -0.2) is 4.98 Å². The standard InChI is InChI=1S/C11H12ClN3O2S/c12-11-13-8-5-7(6-16)18-9(8)10(14-11)15-1-3-17-4-2-15/h6-7H,1-5H2. The fraction of sp³-hybridized carbons (Fsp3) is 0.545. The van der Waals surface area contributed by atoms with Gasteiger partial charge < -0.3 is 14.4 Å². The van der Waals surface area contributed by atoms with Gasteiger partial charge in [-0.1, -0.05) is 0 Å². The Labute approximate surface area is 114 Å². The number of fused-ring (bicyclic) bond motifs is 1. The molecule has 1 aromatic heterocycles. The van der Waals surface area contributed by atoms with Crippen LogP contribution in [-0.2, 0) is 16.0 Å². The molecule has 5 nitrogen and oxygen atoms in total. The Morgan fingerprint density at radius 2 is 2.17 bits per heavy atom. The Morgan fingerprint density at radius 3 is 2.89 bits per heavy atom. The third kappa shape index (κ3) is 2.20. The molecule has 0 bridgehead atoms. The summed E-state index contributed by atoms with van der Waals surface area (Å²) in [6, 6.07) is 0. The number of aromatic nitrogens is 2. The van der Waals surface area contributed by atoms with Crippen molar-refractivity contribution in [3.63, 3.8) is 0 Å². The maximum Gasteiger partial charge on any atom is 0.224 e. The van der Waals surface area contributed by atoms with Crippen LogP contribution in [0.25, 0.3) is 0 Å². The van der Waals surface area contributed by atoms with E-state index >= 15 is 0 Å². The third-order valence-electron chi connectivity index (χ3n) is 3.02. The molecule has 0 radical (unpaired) electrons. The highest BCUT2D eigenvalue weighted by Crippen LogP contribution is 2.41. The van der Waals surface area contributed by atoms with Crippen molar-refractivity contribution < 1.29 is 9.53 Å². The van der Waals surface area contributed by atoms with E-state index in [1.165, 1.54) is 11.8 Å². The molecule has 18 heavy (non-hydrogen) atoms. The molecule has 7 heteroatoms. The molecule has 0 spiro atoms. The van der Waals surface area contributed by atoms with Gasteiger partial charge in [0.05, 0.1) is 29.1 Å². The van der Waals surface area contributed by atoms with Crippen molar-refractivity contribution in [2.75, 3.05) is 31.2 Å². The van der Waals surface area contributed by atoms with E-state index in [2.05, 4.69) is 14.9 Å². The second kappa shape index (κ2) is 5.03. The van der Waals surface area contributed by atoms with Crippen molar-refractivity contribution >= 4 is 35.5 Å². The van der Waals surface area contributed by atoms with Gasteiger partial charge in [-0.05, 0) is 11.6 Å². The van der Waals surface area contributed by atoms with E-state index in [-0.39, 0.29) is 10.5 Å².